The van der Waals surface area contributed by atoms with Gasteiger partial charge in [-0.05, 0) is 30.7 Å². The third-order valence-electron chi connectivity index (χ3n) is 2.13. The zero-order valence-electron chi connectivity index (χ0n) is 9.68. The van der Waals surface area contributed by atoms with Gasteiger partial charge in [-0.15, -0.1) is 11.3 Å². The second-order valence-corrected chi connectivity index (χ2v) is 4.89. The molecule has 92 valence electrons. The monoisotopic (exact) mass is 262 g/mol. The van der Waals surface area contributed by atoms with Crippen LogP contribution in [0.1, 0.15) is 10.4 Å². The van der Waals surface area contributed by atoms with Crippen LogP contribution in [-0.2, 0) is 4.79 Å². The highest BCUT2D eigenvalue weighted by Crippen LogP contribution is 2.16. The Hall–Kier alpha value is -2.01. The van der Waals surface area contributed by atoms with Crippen molar-refractivity contribution in [2.45, 2.75) is 6.92 Å². The summed E-state index contributed by atoms with van der Waals surface area (Å²) >= 11 is 1.40. The lowest BCUT2D eigenvalue weighted by Gasteiger charge is -1.96. The Labute approximate surface area is 108 Å². The number of nitrogens with one attached hydrogen (secondary N) is 1. The maximum Gasteiger partial charge on any atom is 0.250 e. The van der Waals surface area contributed by atoms with Crippen LogP contribution in [-0.4, -0.2) is 10.9 Å². The molecule has 0 saturated carbocycles. The number of carbonyl (C=O) groups is 1. The quantitative estimate of drug-likeness (QED) is 0.863. The summed E-state index contributed by atoms with van der Waals surface area (Å²) in [5.41, 5.74) is 0.639. The zero-order valence-corrected chi connectivity index (χ0v) is 10.5. The third kappa shape index (κ3) is 3.49. The van der Waals surface area contributed by atoms with Crippen molar-refractivity contribution in [2.75, 3.05) is 5.32 Å². The van der Waals surface area contributed by atoms with Gasteiger partial charge in [0.2, 0.25) is 5.91 Å². The Balaban J connectivity index is 1.99. The fraction of sp³-hybridized carbons (Fsp3) is 0.0769. The van der Waals surface area contributed by atoms with E-state index in [1.807, 2.05) is 6.92 Å². The minimum absolute atomic E-state index is 0.284. The predicted molar refractivity (Wildman–Crippen MR) is 70.9 cm³/mol. The summed E-state index contributed by atoms with van der Waals surface area (Å²) < 4.78 is 12.9. The topological polar surface area (TPSA) is 42.0 Å². The Morgan fingerprint density at radius 3 is 3.00 bits per heavy atom. The van der Waals surface area contributed by atoms with Crippen molar-refractivity contribution in [3.05, 3.63) is 52.8 Å². The summed E-state index contributed by atoms with van der Waals surface area (Å²) in [7, 11) is 0. The minimum atomic E-state index is -0.326. The Kier molecular flexibility index (Phi) is 3.84. The van der Waals surface area contributed by atoms with Crippen LogP contribution in [0.4, 0.5) is 9.52 Å². The van der Waals surface area contributed by atoms with Crippen molar-refractivity contribution in [1.29, 1.82) is 0 Å². The van der Waals surface area contributed by atoms with Crippen LogP contribution in [0.3, 0.4) is 0 Å². The standard InChI is InChI=1S/C13H11FN2OS/c1-9-8-15-13(18-9)16-12(17)6-5-10-3-2-4-11(14)7-10/h2-8H,1H3,(H,15,16,17)/b6-5+. The van der Waals surface area contributed by atoms with Crippen molar-refractivity contribution in [3.63, 3.8) is 0 Å². The molecule has 18 heavy (non-hydrogen) atoms. The van der Waals surface area contributed by atoms with Gasteiger partial charge in [-0.1, -0.05) is 12.1 Å². The van der Waals surface area contributed by atoms with Gasteiger partial charge >= 0.3 is 0 Å². The maximum atomic E-state index is 12.9. The molecule has 5 heteroatoms. The first-order valence-electron chi connectivity index (χ1n) is 5.30. The SMILES string of the molecule is Cc1cnc(NC(=O)/C=C/c2cccc(F)c2)s1. The molecule has 0 saturated heterocycles. The fourth-order valence-corrected chi connectivity index (χ4v) is 2.01. The van der Waals surface area contributed by atoms with E-state index in [1.165, 1.54) is 29.5 Å². The van der Waals surface area contributed by atoms with Crippen LogP contribution in [0.25, 0.3) is 6.08 Å². The van der Waals surface area contributed by atoms with E-state index in [-0.39, 0.29) is 11.7 Å². The number of anilines is 1. The molecule has 1 aromatic carbocycles. The molecular formula is C13H11FN2OS. The molecule has 1 N–H and O–H groups in total. The van der Waals surface area contributed by atoms with E-state index >= 15 is 0 Å². The number of aromatic nitrogens is 1. The Morgan fingerprint density at radius 1 is 1.50 bits per heavy atom. The molecule has 0 radical (unpaired) electrons. The molecule has 1 aromatic heterocycles. The summed E-state index contributed by atoms with van der Waals surface area (Å²) in [6.45, 7) is 1.91. The Bertz CT molecular complexity index is 592. The van der Waals surface area contributed by atoms with E-state index in [0.717, 1.165) is 4.88 Å². The molecular weight excluding hydrogens is 251 g/mol. The molecule has 0 bridgehead atoms. The molecule has 3 nitrogen and oxygen atoms in total. The first-order valence-corrected chi connectivity index (χ1v) is 6.12. The summed E-state index contributed by atoms with van der Waals surface area (Å²) in [6, 6.07) is 6.03. The van der Waals surface area contributed by atoms with Gasteiger partial charge in [0, 0.05) is 17.2 Å². The number of carbonyl (C=O) groups excluding carboxylic acids is 1. The van der Waals surface area contributed by atoms with Gasteiger partial charge in [0.15, 0.2) is 5.13 Å². The second-order valence-electron chi connectivity index (χ2n) is 3.65. The lowest BCUT2D eigenvalue weighted by atomic mass is 10.2. The fourth-order valence-electron chi connectivity index (χ4n) is 1.34. The molecule has 2 aromatic rings. The first-order chi connectivity index (χ1) is 8.63. The van der Waals surface area contributed by atoms with Crippen molar-refractivity contribution >= 4 is 28.5 Å². The van der Waals surface area contributed by atoms with E-state index in [9.17, 15) is 9.18 Å². The predicted octanol–water partition coefficient (Wildman–Crippen LogP) is 3.24. The van der Waals surface area contributed by atoms with Gasteiger partial charge in [0.05, 0.1) is 0 Å². The van der Waals surface area contributed by atoms with Crippen LogP contribution < -0.4 is 5.32 Å². The summed E-state index contributed by atoms with van der Waals surface area (Å²) in [5, 5.41) is 3.19. The van der Waals surface area contributed by atoms with Gasteiger partial charge in [-0.2, -0.15) is 0 Å². The normalized spacial score (nSPS) is 10.8. The maximum absolute atomic E-state index is 12.9. The van der Waals surface area contributed by atoms with Gasteiger partial charge in [0.1, 0.15) is 5.82 Å². The number of hydrogen-bond donors (Lipinski definition) is 1. The highest BCUT2D eigenvalue weighted by molar-refractivity contribution is 7.15. The van der Waals surface area contributed by atoms with Crippen molar-refractivity contribution in [1.82, 2.24) is 4.98 Å². The Morgan fingerprint density at radius 2 is 2.33 bits per heavy atom. The number of aryl methyl sites for hydroxylation is 1. The third-order valence-corrected chi connectivity index (χ3v) is 2.96. The lowest BCUT2D eigenvalue weighted by molar-refractivity contribution is -0.111. The minimum Gasteiger partial charge on any atom is -0.298 e. The van der Waals surface area contributed by atoms with Gasteiger partial charge in [-0.25, -0.2) is 9.37 Å². The number of hydrogen-bond acceptors (Lipinski definition) is 3. The molecule has 2 rings (SSSR count). The van der Waals surface area contributed by atoms with E-state index in [0.29, 0.717) is 10.7 Å². The lowest BCUT2D eigenvalue weighted by Crippen LogP contribution is -2.07. The van der Waals surface area contributed by atoms with Crippen molar-refractivity contribution in [2.24, 2.45) is 0 Å². The van der Waals surface area contributed by atoms with Crippen LogP contribution in [0, 0.1) is 12.7 Å². The van der Waals surface area contributed by atoms with E-state index < -0.39 is 0 Å². The van der Waals surface area contributed by atoms with E-state index in [4.69, 9.17) is 0 Å². The molecule has 0 atom stereocenters. The molecule has 0 unspecified atom stereocenters. The average Bonchev–Trinajstić information content (AvgIpc) is 2.72. The molecule has 0 aliphatic heterocycles. The van der Waals surface area contributed by atoms with Crippen LogP contribution in [0.5, 0.6) is 0 Å². The average molecular weight is 262 g/mol. The van der Waals surface area contributed by atoms with E-state index in [2.05, 4.69) is 10.3 Å². The van der Waals surface area contributed by atoms with Crippen molar-refractivity contribution in [3.8, 4) is 0 Å². The number of rotatable bonds is 3. The molecule has 0 aliphatic rings. The molecule has 0 aliphatic carbocycles. The van der Waals surface area contributed by atoms with Gasteiger partial charge < -0.3 is 0 Å². The number of benzene rings is 1. The second kappa shape index (κ2) is 5.55. The van der Waals surface area contributed by atoms with Gasteiger partial charge in [0.25, 0.3) is 0 Å². The largest absolute Gasteiger partial charge is 0.298 e. The summed E-state index contributed by atoms with van der Waals surface area (Å²) in [6.07, 6.45) is 4.60. The van der Waals surface area contributed by atoms with E-state index in [1.54, 1.807) is 24.4 Å². The molecule has 0 fully saturated rings. The number of nitrogens with zero attached hydrogens (tertiary/aromatic N) is 1. The molecule has 1 amide bonds. The zero-order chi connectivity index (χ0) is 13.0. The highest BCUT2D eigenvalue weighted by atomic mass is 32.1. The number of thiazole rings is 1. The van der Waals surface area contributed by atoms with Crippen molar-refractivity contribution < 1.29 is 9.18 Å². The van der Waals surface area contributed by atoms with Crippen LogP contribution in [0.15, 0.2) is 36.5 Å². The summed E-state index contributed by atoms with van der Waals surface area (Å²) in [5.74, 6) is -0.610. The van der Waals surface area contributed by atoms with Crippen LogP contribution in [0.2, 0.25) is 0 Å². The first kappa shape index (κ1) is 12.4. The van der Waals surface area contributed by atoms with Crippen LogP contribution >= 0.6 is 11.3 Å². The number of amides is 1. The summed E-state index contributed by atoms with van der Waals surface area (Å²) in [4.78, 5) is 16.6. The molecule has 0 spiro atoms. The molecule has 1 heterocycles. The highest BCUT2D eigenvalue weighted by Gasteiger charge is 2.01. The number of halogens is 1. The van der Waals surface area contributed by atoms with Gasteiger partial charge in [-0.3, -0.25) is 10.1 Å². The smallest absolute Gasteiger partial charge is 0.250 e.